The van der Waals surface area contributed by atoms with E-state index in [1.54, 1.807) is 18.2 Å². The van der Waals surface area contributed by atoms with E-state index in [0.717, 1.165) is 29.7 Å². The number of hydrogen-bond donors (Lipinski definition) is 4. The summed E-state index contributed by atoms with van der Waals surface area (Å²) < 4.78 is 36.6. The molecule has 6 atom stereocenters. The lowest BCUT2D eigenvalue weighted by atomic mass is 10.1. The number of aromatic amines is 1. The fraction of sp³-hybridized carbons (Fsp3) is 0.542. The van der Waals surface area contributed by atoms with E-state index in [-0.39, 0.29) is 18.3 Å². The quantitative estimate of drug-likeness (QED) is 0.207. The van der Waals surface area contributed by atoms with Gasteiger partial charge in [0.1, 0.15) is 30.1 Å². The van der Waals surface area contributed by atoms with Crippen molar-refractivity contribution in [3.05, 3.63) is 63.4 Å². The molecule has 210 valence electrons. The number of rotatable bonds is 13. The van der Waals surface area contributed by atoms with Crippen molar-refractivity contribution >= 4 is 13.7 Å². The number of nitrogens with one attached hydrogen (secondary N) is 2. The van der Waals surface area contributed by atoms with Gasteiger partial charge in [-0.1, -0.05) is 44.9 Å². The van der Waals surface area contributed by atoms with Crippen LogP contribution in [0.5, 0.6) is 5.75 Å². The fourth-order valence-corrected chi connectivity index (χ4v) is 5.25. The fourth-order valence-electron chi connectivity index (χ4n) is 3.75. The number of benzene rings is 1. The first-order valence-corrected chi connectivity index (χ1v) is 13.9. The maximum Gasteiger partial charge on any atom is 0.459 e. The van der Waals surface area contributed by atoms with Gasteiger partial charge in [0.2, 0.25) is 0 Å². The predicted octanol–water partition coefficient (Wildman–Crippen LogP) is 1.32. The zero-order valence-electron chi connectivity index (χ0n) is 21.4. The number of H-pyrrole nitrogens is 1. The number of aliphatic hydroxyl groups excluding tert-OH is 2. The number of carbonyl (C=O) groups is 1. The molecule has 1 saturated heterocycles. The minimum absolute atomic E-state index is 0.187. The molecule has 4 N–H and O–H groups in total. The summed E-state index contributed by atoms with van der Waals surface area (Å²) >= 11 is 0. The molecular weight excluding hydrogens is 521 g/mol. The highest BCUT2D eigenvalue weighted by Crippen LogP contribution is 2.46. The summed E-state index contributed by atoms with van der Waals surface area (Å²) in [6, 6.07) is 8.09. The van der Waals surface area contributed by atoms with E-state index in [4.69, 9.17) is 18.5 Å². The standard InChI is InChI=1S/C24H34N3O10P/c1-4-16(5-2)13-34-23(31)15(3)26-38(33,37-17-9-7-6-8-10-17)35-14-18-20(29)21(30)22(36-18)27-12-11-19(28)25-24(27)32/h6-12,15-16,18,20-22,29-30H,4-5,13-14H2,1-3H3,(H,26,33)(H,25,28,32)/t15-,18+,20+,21+,22+,38-/m0/s1. The number of para-hydroxylation sites is 1. The Morgan fingerprint density at radius 1 is 1.16 bits per heavy atom. The highest BCUT2D eigenvalue weighted by Gasteiger charge is 2.45. The van der Waals surface area contributed by atoms with Crippen molar-refractivity contribution in [3.8, 4) is 5.75 Å². The van der Waals surface area contributed by atoms with Crippen molar-refractivity contribution in [2.45, 2.75) is 64.2 Å². The third-order valence-electron chi connectivity index (χ3n) is 6.16. The van der Waals surface area contributed by atoms with Gasteiger partial charge in [-0.05, 0) is 25.0 Å². The molecule has 1 aliphatic heterocycles. The zero-order chi connectivity index (χ0) is 27.9. The van der Waals surface area contributed by atoms with E-state index < -0.39 is 62.2 Å². The number of nitrogens with zero attached hydrogens (tertiary/aromatic N) is 1. The largest absolute Gasteiger partial charge is 0.464 e. The molecule has 1 aliphatic rings. The number of ether oxygens (including phenoxy) is 2. The van der Waals surface area contributed by atoms with Crippen LogP contribution in [0, 0.1) is 5.92 Å². The monoisotopic (exact) mass is 555 g/mol. The van der Waals surface area contributed by atoms with Crippen LogP contribution in [-0.2, 0) is 23.4 Å². The van der Waals surface area contributed by atoms with Crippen molar-refractivity contribution in [1.29, 1.82) is 0 Å². The third-order valence-corrected chi connectivity index (χ3v) is 7.81. The lowest BCUT2D eigenvalue weighted by molar-refractivity contribution is -0.146. The highest BCUT2D eigenvalue weighted by atomic mass is 31.2. The van der Waals surface area contributed by atoms with Crippen LogP contribution in [-0.4, -0.2) is 63.3 Å². The summed E-state index contributed by atoms with van der Waals surface area (Å²) in [6.45, 7) is 5.11. The van der Waals surface area contributed by atoms with Gasteiger partial charge in [0.05, 0.1) is 13.2 Å². The van der Waals surface area contributed by atoms with Crippen molar-refractivity contribution < 1.29 is 38.1 Å². The molecule has 2 heterocycles. The van der Waals surface area contributed by atoms with Crippen LogP contribution < -0.4 is 20.9 Å². The zero-order valence-corrected chi connectivity index (χ0v) is 22.3. The van der Waals surface area contributed by atoms with Crippen LogP contribution in [0.3, 0.4) is 0 Å². The molecule has 1 fully saturated rings. The predicted molar refractivity (Wildman–Crippen MR) is 136 cm³/mol. The Kier molecular flexibility index (Phi) is 10.4. The van der Waals surface area contributed by atoms with Gasteiger partial charge < -0.3 is 24.2 Å². The minimum atomic E-state index is -4.26. The van der Waals surface area contributed by atoms with Crippen LogP contribution in [0.4, 0.5) is 0 Å². The van der Waals surface area contributed by atoms with Gasteiger partial charge in [-0.25, -0.2) is 9.36 Å². The van der Waals surface area contributed by atoms with E-state index in [1.807, 2.05) is 18.8 Å². The number of carbonyl (C=O) groups excluding carboxylic acids is 1. The average molecular weight is 556 g/mol. The van der Waals surface area contributed by atoms with Crippen molar-refractivity contribution in [2.75, 3.05) is 13.2 Å². The second-order valence-electron chi connectivity index (χ2n) is 8.92. The topological polar surface area (TPSA) is 178 Å². The van der Waals surface area contributed by atoms with Gasteiger partial charge >= 0.3 is 19.4 Å². The van der Waals surface area contributed by atoms with Gasteiger partial charge in [-0.3, -0.25) is 23.7 Å². The first kappa shape index (κ1) is 29.8. The molecule has 38 heavy (non-hydrogen) atoms. The first-order valence-electron chi connectivity index (χ1n) is 12.3. The Bertz CT molecular complexity index is 1220. The molecule has 0 unspecified atom stereocenters. The molecule has 0 bridgehead atoms. The number of esters is 1. The summed E-state index contributed by atoms with van der Waals surface area (Å²) in [4.78, 5) is 38.0. The second kappa shape index (κ2) is 13.3. The summed E-state index contributed by atoms with van der Waals surface area (Å²) in [5.41, 5.74) is -1.49. The molecule has 13 nitrogen and oxygen atoms in total. The maximum absolute atomic E-state index is 13.7. The second-order valence-corrected chi connectivity index (χ2v) is 10.6. The van der Waals surface area contributed by atoms with E-state index in [9.17, 15) is 29.2 Å². The van der Waals surface area contributed by atoms with Crippen molar-refractivity contribution in [3.63, 3.8) is 0 Å². The Morgan fingerprint density at radius 3 is 2.47 bits per heavy atom. The van der Waals surface area contributed by atoms with E-state index in [1.165, 1.54) is 19.1 Å². The molecule has 0 radical (unpaired) electrons. The van der Waals surface area contributed by atoms with Gasteiger partial charge in [0.15, 0.2) is 6.23 Å². The molecule has 1 aromatic carbocycles. The van der Waals surface area contributed by atoms with Crippen LogP contribution in [0.25, 0.3) is 0 Å². The normalized spacial score (nSPS) is 23.6. The van der Waals surface area contributed by atoms with Gasteiger partial charge in [0, 0.05) is 12.3 Å². The van der Waals surface area contributed by atoms with Gasteiger partial charge in [-0.15, -0.1) is 0 Å². The summed E-state index contributed by atoms with van der Waals surface area (Å²) in [7, 11) is -4.26. The van der Waals surface area contributed by atoms with E-state index >= 15 is 0 Å². The van der Waals surface area contributed by atoms with E-state index in [0.29, 0.717) is 0 Å². The molecule has 2 aromatic rings. The lowest BCUT2D eigenvalue weighted by Gasteiger charge is -2.25. The summed E-state index contributed by atoms with van der Waals surface area (Å²) in [6.07, 6.45) is -2.88. The molecule has 0 amide bonds. The summed E-state index contributed by atoms with van der Waals surface area (Å²) in [5.74, 6) is -0.265. The van der Waals surface area contributed by atoms with Crippen molar-refractivity contribution in [2.24, 2.45) is 5.92 Å². The molecule has 0 aliphatic carbocycles. The summed E-state index contributed by atoms with van der Waals surface area (Å²) in [5, 5.41) is 23.5. The SMILES string of the molecule is CCC(CC)COC(=O)[C@H](C)N[P@](=O)(OC[C@H]1O[C@@H](n2ccc(=O)[nH]c2=O)[C@H](O)[C@@H]1O)Oc1ccccc1. The Balaban J connectivity index is 1.72. The lowest BCUT2D eigenvalue weighted by Crippen LogP contribution is -2.38. The van der Waals surface area contributed by atoms with Crippen LogP contribution in [0.1, 0.15) is 39.8 Å². The molecular formula is C24H34N3O10P. The maximum atomic E-state index is 13.7. The average Bonchev–Trinajstić information content (AvgIpc) is 3.17. The molecule has 1 aromatic heterocycles. The highest BCUT2D eigenvalue weighted by molar-refractivity contribution is 7.52. The smallest absolute Gasteiger partial charge is 0.459 e. The Labute approximate surface area is 219 Å². The minimum Gasteiger partial charge on any atom is -0.464 e. The third kappa shape index (κ3) is 7.62. The number of aromatic nitrogens is 2. The van der Waals surface area contributed by atoms with Crippen LogP contribution >= 0.6 is 7.75 Å². The Hall–Kier alpha value is -2.80. The Morgan fingerprint density at radius 2 is 1.84 bits per heavy atom. The molecule has 0 saturated carbocycles. The molecule has 14 heteroatoms. The molecule has 3 rings (SSSR count). The van der Waals surface area contributed by atoms with Gasteiger partial charge in [-0.2, -0.15) is 5.09 Å². The first-order chi connectivity index (χ1) is 18.1. The number of aliphatic hydroxyl groups is 2. The number of hydrogen-bond acceptors (Lipinski definition) is 10. The van der Waals surface area contributed by atoms with Gasteiger partial charge in [0.25, 0.3) is 5.56 Å². The van der Waals surface area contributed by atoms with Crippen LogP contribution in [0.2, 0.25) is 0 Å². The van der Waals surface area contributed by atoms with Crippen LogP contribution in [0.15, 0.2) is 52.2 Å². The molecule has 0 spiro atoms. The van der Waals surface area contributed by atoms with E-state index in [2.05, 4.69) is 5.09 Å². The van der Waals surface area contributed by atoms with Crippen molar-refractivity contribution in [1.82, 2.24) is 14.6 Å².